The highest BCUT2D eigenvalue weighted by molar-refractivity contribution is 5.92. The Bertz CT molecular complexity index is 689. The first-order valence-electron chi connectivity index (χ1n) is 8.37. The Hall–Kier alpha value is -2.11. The van der Waals surface area contributed by atoms with E-state index >= 15 is 0 Å². The summed E-state index contributed by atoms with van der Waals surface area (Å²) in [6.07, 6.45) is 4.45. The molecule has 3 rings (SSSR count). The summed E-state index contributed by atoms with van der Waals surface area (Å²) < 4.78 is 10.7. The summed E-state index contributed by atoms with van der Waals surface area (Å²) in [6.45, 7) is 6.78. The number of hydrogen-bond acceptors (Lipinski definition) is 5. The first kappa shape index (κ1) is 15.8. The van der Waals surface area contributed by atoms with Gasteiger partial charge in [-0.2, -0.15) is 0 Å². The lowest BCUT2D eigenvalue weighted by molar-refractivity contribution is 0.0724. The molecule has 124 valence electrons. The fourth-order valence-electron chi connectivity index (χ4n) is 3.34. The Balaban J connectivity index is 1.85. The molecular weight excluding hydrogens is 294 g/mol. The summed E-state index contributed by atoms with van der Waals surface area (Å²) in [7, 11) is 0. The molecule has 0 radical (unpaired) electrons. The smallest absolute Gasteiger partial charge is 0.276 e. The highest BCUT2D eigenvalue weighted by atomic mass is 16.5. The number of amides is 1. The third-order valence-electron chi connectivity index (χ3n) is 4.43. The highest BCUT2D eigenvalue weighted by Crippen LogP contribution is 2.36. The van der Waals surface area contributed by atoms with Gasteiger partial charge in [-0.25, -0.2) is 0 Å². The Morgan fingerprint density at radius 1 is 1.35 bits per heavy atom. The lowest BCUT2D eigenvalue weighted by atomic mass is 10.0. The van der Waals surface area contributed by atoms with E-state index in [9.17, 15) is 4.79 Å². The standard InChI is InChI=1S/C17H23N3O3/c1-4-7-12-10-13(19-22-12)17(21)20-9-6-8-14(20)16-11(3)18-23-15(16)5-2/h10,14H,4-9H2,1-3H3/t14-/m1/s1. The average molecular weight is 317 g/mol. The van der Waals surface area contributed by atoms with Gasteiger partial charge in [0.05, 0.1) is 11.7 Å². The number of carbonyl (C=O) groups excluding carboxylic acids is 1. The summed E-state index contributed by atoms with van der Waals surface area (Å²) in [4.78, 5) is 14.7. The number of rotatable bonds is 5. The molecule has 1 aliphatic rings. The SMILES string of the molecule is CCCc1cc(C(=O)N2CCC[C@@H]2c2c(C)noc2CC)no1. The maximum Gasteiger partial charge on any atom is 0.276 e. The molecule has 1 amide bonds. The van der Waals surface area contributed by atoms with Crippen LogP contribution in [0.3, 0.4) is 0 Å². The predicted molar refractivity (Wildman–Crippen MR) is 84.1 cm³/mol. The van der Waals surface area contributed by atoms with Gasteiger partial charge in [-0.05, 0) is 26.2 Å². The Kier molecular flexibility index (Phi) is 4.50. The molecule has 0 spiro atoms. The minimum Gasteiger partial charge on any atom is -0.361 e. The first-order chi connectivity index (χ1) is 11.2. The fourth-order valence-corrected chi connectivity index (χ4v) is 3.34. The normalized spacial score (nSPS) is 17.9. The molecule has 6 heteroatoms. The molecule has 3 heterocycles. The lowest BCUT2D eigenvalue weighted by Crippen LogP contribution is -2.31. The first-order valence-corrected chi connectivity index (χ1v) is 8.37. The second-order valence-electron chi connectivity index (χ2n) is 6.04. The number of likely N-dealkylation sites (tertiary alicyclic amines) is 1. The molecule has 23 heavy (non-hydrogen) atoms. The second kappa shape index (κ2) is 6.56. The molecule has 0 unspecified atom stereocenters. The van der Waals surface area contributed by atoms with Crippen molar-refractivity contribution in [2.75, 3.05) is 6.54 Å². The van der Waals surface area contributed by atoms with E-state index < -0.39 is 0 Å². The van der Waals surface area contributed by atoms with Crippen molar-refractivity contribution in [1.82, 2.24) is 15.2 Å². The molecule has 1 atom stereocenters. The zero-order valence-electron chi connectivity index (χ0n) is 14.0. The molecule has 0 saturated carbocycles. The van der Waals surface area contributed by atoms with Gasteiger partial charge in [0.25, 0.3) is 5.91 Å². The number of carbonyl (C=O) groups is 1. The average Bonchev–Trinajstić information content (AvgIpc) is 3.25. The lowest BCUT2D eigenvalue weighted by Gasteiger charge is -2.24. The van der Waals surface area contributed by atoms with Crippen LogP contribution >= 0.6 is 0 Å². The predicted octanol–water partition coefficient (Wildman–Crippen LogP) is 3.46. The molecule has 0 bridgehead atoms. The van der Waals surface area contributed by atoms with Gasteiger partial charge in [-0.1, -0.05) is 24.2 Å². The van der Waals surface area contributed by atoms with Crippen molar-refractivity contribution in [1.29, 1.82) is 0 Å². The van der Waals surface area contributed by atoms with Crippen LogP contribution in [0.2, 0.25) is 0 Å². The van der Waals surface area contributed by atoms with Crippen LogP contribution in [0.15, 0.2) is 15.1 Å². The Labute approximate surface area is 135 Å². The molecule has 2 aromatic heterocycles. The molecule has 0 aliphatic carbocycles. The van der Waals surface area contributed by atoms with Gasteiger partial charge in [0.15, 0.2) is 5.69 Å². The third-order valence-corrected chi connectivity index (χ3v) is 4.43. The van der Waals surface area contributed by atoms with E-state index in [-0.39, 0.29) is 11.9 Å². The fraction of sp³-hybridized carbons (Fsp3) is 0.588. The van der Waals surface area contributed by atoms with Crippen molar-refractivity contribution in [2.45, 2.75) is 58.9 Å². The maximum absolute atomic E-state index is 12.8. The second-order valence-corrected chi connectivity index (χ2v) is 6.04. The van der Waals surface area contributed by atoms with Crippen molar-refractivity contribution in [2.24, 2.45) is 0 Å². The molecule has 1 aliphatic heterocycles. The molecule has 2 aromatic rings. The zero-order valence-corrected chi connectivity index (χ0v) is 14.0. The van der Waals surface area contributed by atoms with Crippen LogP contribution in [-0.4, -0.2) is 27.7 Å². The zero-order chi connectivity index (χ0) is 16.4. The van der Waals surface area contributed by atoms with Gasteiger partial charge < -0.3 is 13.9 Å². The van der Waals surface area contributed by atoms with Gasteiger partial charge >= 0.3 is 0 Å². The van der Waals surface area contributed by atoms with Gasteiger partial charge in [0, 0.05) is 31.0 Å². The number of aromatic nitrogens is 2. The molecule has 6 nitrogen and oxygen atoms in total. The van der Waals surface area contributed by atoms with E-state index in [0.29, 0.717) is 5.69 Å². The molecule has 0 aromatic carbocycles. The van der Waals surface area contributed by atoms with Gasteiger partial charge in [0.2, 0.25) is 0 Å². The van der Waals surface area contributed by atoms with E-state index in [1.165, 1.54) is 0 Å². The minimum absolute atomic E-state index is 0.0232. The molecule has 1 fully saturated rings. The van der Waals surface area contributed by atoms with Crippen LogP contribution in [0.5, 0.6) is 0 Å². The van der Waals surface area contributed by atoms with Gasteiger partial charge in [-0.3, -0.25) is 4.79 Å². The molecular formula is C17H23N3O3. The van der Waals surface area contributed by atoms with Crippen molar-refractivity contribution >= 4 is 5.91 Å². The van der Waals surface area contributed by atoms with Crippen molar-refractivity contribution < 1.29 is 13.8 Å². The van der Waals surface area contributed by atoms with E-state index in [4.69, 9.17) is 9.05 Å². The van der Waals surface area contributed by atoms with E-state index in [2.05, 4.69) is 17.2 Å². The van der Waals surface area contributed by atoms with Crippen molar-refractivity contribution in [3.63, 3.8) is 0 Å². The Morgan fingerprint density at radius 2 is 2.17 bits per heavy atom. The summed E-state index contributed by atoms with van der Waals surface area (Å²) in [5.41, 5.74) is 2.33. The van der Waals surface area contributed by atoms with Crippen molar-refractivity contribution in [3.8, 4) is 0 Å². The van der Waals surface area contributed by atoms with Crippen LogP contribution in [0, 0.1) is 6.92 Å². The van der Waals surface area contributed by atoms with Gasteiger partial charge in [-0.15, -0.1) is 0 Å². The van der Waals surface area contributed by atoms with Crippen LogP contribution in [0.4, 0.5) is 0 Å². The number of nitrogens with zero attached hydrogens (tertiary/aromatic N) is 3. The quantitative estimate of drug-likeness (QED) is 0.844. The van der Waals surface area contributed by atoms with Crippen LogP contribution in [0.1, 0.15) is 72.4 Å². The van der Waals surface area contributed by atoms with Gasteiger partial charge in [0.1, 0.15) is 11.5 Å². The molecule has 1 saturated heterocycles. The summed E-state index contributed by atoms with van der Waals surface area (Å²) >= 11 is 0. The maximum atomic E-state index is 12.8. The van der Waals surface area contributed by atoms with E-state index in [0.717, 1.165) is 61.4 Å². The van der Waals surface area contributed by atoms with Crippen LogP contribution in [0.25, 0.3) is 0 Å². The monoisotopic (exact) mass is 317 g/mol. The Morgan fingerprint density at radius 3 is 2.91 bits per heavy atom. The summed E-state index contributed by atoms with van der Waals surface area (Å²) in [5, 5.41) is 8.03. The summed E-state index contributed by atoms with van der Waals surface area (Å²) in [5.74, 6) is 1.57. The number of aryl methyl sites for hydroxylation is 3. The van der Waals surface area contributed by atoms with Crippen LogP contribution < -0.4 is 0 Å². The summed E-state index contributed by atoms with van der Waals surface area (Å²) in [6, 6.07) is 1.79. The highest BCUT2D eigenvalue weighted by Gasteiger charge is 2.35. The van der Waals surface area contributed by atoms with E-state index in [1.54, 1.807) is 6.07 Å². The molecule has 0 N–H and O–H groups in total. The minimum atomic E-state index is -0.0683. The topological polar surface area (TPSA) is 72.4 Å². The van der Waals surface area contributed by atoms with Crippen LogP contribution in [-0.2, 0) is 12.8 Å². The number of hydrogen-bond donors (Lipinski definition) is 0. The third kappa shape index (κ3) is 2.90. The van der Waals surface area contributed by atoms with E-state index in [1.807, 2.05) is 18.7 Å². The van der Waals surface area contributed by atoms with Crippen molar-refractivity contribution in [3.05, 3.63) is 34.5 Å². The largest absolute Gasteiger partial charge is 0.361 e.